The molecular formula is C23H30N2O4. The molecule has 2 aliphatic heterocycles. The van der Waals surface area contributed by atoms with Crippen molar-refractivity contribution < 1.29 is 19.4 Å². The second-order valence-electron chi connectivity index (χ2n) is 8.90. The summed E-state index contributed by atoms with van der Waals surface area (Å²) in [6.45, 7) is 1.23. The lowest BCUT2D eigenvalue weighted by Gasteiger charge is -2.36. The third-order valence-electron chi connectivity index (χ3n) is 7.18. The van der Waals surface area contributed by atoms with E-state index in [1.807, 2.05) is 17.0 Å². The summed E-state index contributed by atoms with van der Waals surface area (Å²) in [6.07, 6.45) is 10.6. The van der Waals surface area contributed by atoms with Gasteiger partial charge in [0.1, 0.15) is 6.10 Å². The minimum Gasteiger partial charge on any atom is -0.493 e. The normalized spacial score (nSPS) is 30.8. The Labute approximate surface area is 171 Å². The predicted octanol–water partition coefficient (Wildman–Crippen LogP) is 3.26. The first kappa shape index (κ1) is 18.8. The van der Waals surface area contributed by atoms with Gasteiger partial charge in [-0.05, 0) is 30.9 Å². The van der Waals surface area contributed by atoms with Crippen molar-refractivity contribution in [3.63, 3.8) is 0 Å². The van der Waals surface area contributed by atoms with E-state index in [2.05, 4.69) is 17.5 Å². The van der Waals surface area contributed by atoms with Gasteiger partial charge in [-0.2, -0.15) is 0 Å². The number of urea groups is 1. The molecule has 0 bridgehead atoms. The monoisotopic (exact) mass is 398 g/mol. The number of rotatable bonds is 2. The SMILES string of the molecule is COc1ccc2c3c1O[C@H]1CC(O)C=C[C@@]31CCN(C(=O)NC1CCCCC1)C2. The number of methoxy groups -OCH3 is 1. The van der Waals surface area contributed by atoms with Crippen LogP contribution >= 0.6 is 0 Å². The molecule has 29 heavy (non-hydrogen) atoms. The average molecular weight is 399 g/mol. The van der Waals surface area contributed by atoms with Crippen molar-refractivity contribution in [3.05, 3.63) is 35.4 Å². The topological polar surface area (TPSA) is 71.0 Å². The quantitative estimate of drug-likeness (QED) is 0.750. The number of amides is 2. The van der Waals surface area contributed by atoms with Crippen molar-refractivity contribution in [2.24, 2.45) is 0 Å². The van der Waals surface area contributed by atoms with E-state index in [9.17, 15) is 9.90 Å². The van der Waals surface area contributed by atoms with Crippen molar-refractivity contribution in [2.75, 3.05) is 13.7 Å². The van der Waals surface area contributed by atoms with Gasteiger partial charge in [-0.25, -0.2) is 4.79 Å². The number of benzene rings is 1. The van der Waals surface area contributed by atoms with Crippen molar-refractivity contribution in [2.45, 2.75) is 75.2 Å². The van der Waals surface area contributed by atoms with E-state index >= 15 is 0 Å². The smallest absolute Gasteiger partial charge is 0.317 e. The van der Waals surface area contributed by atoms with Gasteiger partial charge in [0, 0.05) is 31.1 Å². The van der Waals surface area contributed by atoms with Crippen molar-refractivity contribution in [3.8, 4) is 11.5 Å². The predicted molar refractivity (Wildman–Crippen MR) is 109 cm³/mol. The molecule has 1 unspecified atom stereocenters. The molecule has 2 aliphatic carbocycles. The standard InChI is InChI=1S/C23H30N2O4/c1-28-18-8-7-15-14-25(22(27)24-16-5-3-2-4-6-16)12-11-23-10-9-17(26)13-19(23)29-21(18)20(15)23/h7-10,16-17,19,26H,2-6,11-14H2,1H3,(H,24,27)/t17?,19-,23-/m0/s1. The van der Waals surface area contributed by atoms with Gasteiger partial charge in [0.05, 0.1) is 18.6 Å². The molecule has 0 radical (unpaired) electrons. The van der Waals surface area contributed by atoms with Crippen LogP contribution in [0.2, 0.25) is 0 Å². The Hall–Kier alpha value is -2.21. The molecule has 1 aromatic rings. The molecule has 5 rings (SSSR count). The minimum absolute atomic E-state index is 0.0372. The summed E-state index contributed by atoms with van der Waals surface area (Å²) in [5.41, 5.74) is 1.94. The van der Waals surface area contributed by atoms with E-state index < -0.39 is 6.10 Å². The summed E-state index contributed by atoms with van der Waals surface area (Å²) in [7, 11) is 1.65. The Morgan fingerprint density at radius 2 is 2.14 bits per heavy atom. The number of carbonyl (C=O) groups excluding carboxylic acids is 1. The van der Waals surface area contributed by atoms with Crippen LogP contribution < -0.4 is 14.8 Å². The fourth-order valence-corrected chi connectivity index (χ4v) is 5.62. The third kappa shape index (κ3) is 3.08. The van der Waals surface area contributed by atoms with Crippen LogP contribution in [0.5, 0.6) is 11.5 Å². The van der Waals surface area contributed by atoms with Gasteiger partial charge < -0.3 is 24.8 Å². The molecule has 2 amide bonds. The zero-order chi connectivity index (χ0) is 20.0. The lowest BCUT2D eigenvalue weighted by molar-refractivity contribution is 0.0819. The van der Waals surface area contributed by atoms with Crippen LogP contribution in [0.1, 0.15) is 56.1 Å². The summed E-state index contributed by atoms with van der Waals surface area (Å²) in [5, 5.41) is 13.4. The Balaban J connectivity index is 1.47. The van der Waals surface area contributed by atoms with Gasteiger partial charge in [-0.1, -0.05) is 37.5 Å². The highest BCUT2D eigenvalue weighted by molar-refractivity contribution is 5.75. The molecule has 1 spiro atoms. The Bertz CT molecular complexity index is 832. The van der Waals surface area contributed by atoms with E-state index in [0.717, 1.165) is 41.9 Å². The van der Waals surface area contributed by atoms with E-state index in [1.165, 1.54) is 19.3 Å². The highest BCUT2D eigenvalue weighted by atomic mass is 16.5. The number of aliphatic hydroxyl groups is 1. The van der Waals surface area contributed by atoms with Crippen molar-refractivity contribution in [1.82, 2.24) is 10.2 Å². The van der Waals surface area contributed by atoms with Gasteiger partial charge in [0.2, 0.25) is 0 Å². The summed E-state index contributed by atoms with van der Waals surface area (Å²) in [6, 6.07) is 4.33. The van der Waals surface area contributed by atoms with Crippen LogP contribution in [0.4, 0.5) is 4.79 Å². The maximum atomic E-state index is 13.1. The molecule has 2 N–H and O–H groups in total. The van der Waals surface area contributed by atoms with E-state index in [1.54, 1.807) is 7.11 Å². The van der Waals surface area contributed by atoms with Crippen LogP contribution in [-0.4, -0.2) is 47.9 Å². The molecule has 0 aromatic heterocycles. The van der Waals surface area contributed by atoms with Crippen molar-refractivity contribution >= 4 is 6.03 Å². The van der Waals surface area contributed by atoms with Gasteiger partial charge in [-0.15, -0.1) is 0 Å². The van der Waals surface area contributed by atoms with Crippen LogP contribution in [0.25, 0.3) is 0 Å². The molecule has 6 nitrogen and oxygen atoms in total. The fourth-order valence-electron chi connectivity index (χ4n) is 5.62. The largest absolute Gasteiger partial charge is 0.493 e. The highest BCUT2D eigenvalue weighted by Gasteiger charge is 2.53. The van der Waals surface area contributed by atoms with Crippen LogP contribution in [0.3, 0.4) is 0 Å². The summed E-state index contributed by atoms with van der Waals surface area (Å²) in [5.74, 6) is 1.50. The molecule has 2 heterocycles. The van der Waals surface area contributed by atoms with Gasteiger partial charge >= 0.3 is 6.03 Å². The number of carbonyl (C=O) groups is 1. The van der Waals surface area contributed by atoms with Crippen molar-refractivity contribution in [1.29, 1.82) is 0 Å². The number of hydrogen-bond acceptors (Lipinski definition) is 4. The van der Waals surface area contributed by atoms with E-state index in [0.29, 0.717) is 25.6 Å². The molecule has 1 saturated carbocycles. The number of aliphatic hydroxyl groups excluding tert-OH is 1. The summed E-state index contributed by atoms with van der Waals surface area (Å²) in [4.78, 5) is 15.0. The maximum Gasteiger partial charge on any atom is 0.317 e. The average Bonchev–Trinajstić information content (AvgIpc) is 2.96. The molecule has 6 heteroatoms. The third-order valence-corrected chi connectivity index (χ3v) is 7.18. The minimum atomic E-state index is -0.497. The molecular weight excluding hydrogens is 368 g/mol. The van der Waals surface area contributed by atoms with Crippen LogP contribution in [0.15, 0.2) is 24.3 Å². The van der Waals surface area contributed by atoms with E-state index in [4.69, 9.17) is 9.47 Å². The number of nitrogens with one attached hydrogen (secondary N) is 1. The fraction of sp³-hybridized carbons (Fsp3) is 0.609. The molecule has 1 fully saturated rings. The number of nitrogens with zero attached hydrogens (tertiary/aromatic N) is 1. The summed E-state index contributed by atoms with van der Waals surface area (Å²) >= 11 is 0. The van der Waals surface area contributed by atoms with Gasteiger partial charge in [0.25, 0.3) is 0 Å². The second kappa shape index (κ2) is 7.24. The summed E-state index contributed by atoms with van der Waals surface area (Å²) < 4.78 is 11.9. The molecule has 0 saturated heterocycles. The maximum absolute atomic E-state index is 13.1. The Morgan fingerprint density at radius 1 is 1.31 bits per heavy atom. The van der Waals surface area contributed by atoms with E-state index in [-0.39, 0.29) is 17.6 Å². The Kier molecular flexibility index (Phi) is 4.69. The number of hydrogen-bond donors (Lipinski definition) is 2. The first-order valence-corrected chi connectivity index (χ1v) is 10.9. The lowest BCUT2D eigenvalue weighted by atomic mass is 9.69. The molecule has 4 aliphatic rings. The first-order valence-electron chi connectivity index (χ1n) is 10.9. The van der Waals surface area contributed by atoms with Crippen LogP contribution in [-0.2, 0) is 12.0 Å². The number of ether oxygens (including phenoxy) is 2. The second-order valence-corrected chi connectivity index (χ2v) is 8.90. The zero-order valence-electron chi connectivity index (χ0n) is 17.0. The van der Waals surface area contributed by atoms with Gasteiger partial charge in [-0.3, -0.25) is 0 Å². The van der Waals surface area contributed by atoms with Crippen LogP contribution in [0, 0.1) is 0 Å². The molecule has 156 valence electrons. The Morgan fingerprint density at radius 3 is 2.93 bits per heavy atom. The van der Waals surface area contributed by atoms with Gasteiger partial charge in [0.15, 0.2) is 11.5 Å². The lowest BCUT2D eigenvalue weighted by Crippen LogP contribution is -2.47. The molecule has 1 aromatic carbocycles. The zero-order valence-corrected chi connectivity index (χ0v) is 17.0. The molecule has 3 atom stereocenters. The highest BCUT2D eigenvalue weighted by Crippen LogP contribution is 2.55. The first-order chi connectivity index (χ1) is 14.1.